The van der Waals surface area contributed by atoms with Crippen molar-refractivity contribution in [1.29, 1.82) is 0 Å². The molecule has 0 aliphatic carbocycles. The van der Waals surface area contributed by atoms with E-state index in [-0.39, 0.29) is 17.5 Å². The molecule has 116 valence electrons. The van der Waals surface area contributed by atoms with E-state index in [1.807, 2.05) is 0 Å². The summed E-state index contributed by atoms with van der Waals surface area (Å²) in [6.07, 6.45) is -2.13. The van der Waals surface area contributed by atoms with Gasteiger partial charge in [0.05, 0.1) is 17.9 Å². The van der Waals surface area contributed by atoms with E-state index >= 15 is 0 Å². The summed E-state index contributed by atoms with van der Waals surface area (Å²) in [5, 5.41) is 3.13. The number of nitrogens with one attached hydrogen (secondary N) is 1. The molecule has 3 heterocycles. The van der Waals surface area contributed by atoms with E-state index in [0.717, 1.165) is 12.6 Å². The summed E-state index contributed by atoms with van der Waals surface area (Å²) < 4.78 is 44.7. The molecule has 0 saturated carbocycles. The highest BCUT2D eigenvalue weighted by Gasteiger charge is 2.34. The average molecular weight is 310 g/mol. The minimum Gasteiger partial charge on any atom is -0.368 e. The van der Waals surface area contributed by atoms with Crippen LogP contribution in [0.25, 0.3) is 11.4 Å². The number of halogens is 3. The maximum absolute atomic E-state index is 13.1. The predicted molar refractivity (Wildman–Crippen MR) is 71.8 cm³/mol. The Bertz CT molecular complexity index is 657. The lowest BCUT2D eigenvalue weighted by atomic mass is 10.1. The van der Waals surface area contributed by atoms with Gasteiger partial charge in [-0.15, -0.1) is 0 Å². The third-order valence-corrected chi connectivity index (χ3v) is 3.25. The van der Waals surface area contributed by atoms with Gasteiger partial charge in [-0.25, -0.2) is 9.97 Å². The first-order valence-electron chi connectivity index (χ1n) is 6.73. The second-order valence-corrected chi connectivity index (χ2v) is 4.76. The highest BCUT2D eigenvalue weighted by molar-refractivity contribution is 5.59. The molecule has 1 saturated heterocycles. The minimum absolute atomic E-state index is 0.132. The van der Waals surface area contributed by atoms with Crippen LogP contribution in [0.5, 0.6) is 0 Å². The largest absolute Gasteiger partial charge is 0.418 e. The van der Waals surface area contributed by atoms with Crippen molar-refractivity contribution in [2.75, 3.05) is 19.7 Å². The molecule has 1 aliphatic rings. The van der Waals surface area contributed by atoms with Crippen LogP contribution in [0.4, 0.5) is 13.2 Å². The molecule has 2 aromatic heterocycles. The van der Waals surface area contributed by atoms with Crippen LogP contribution >= 0.6 is 0 Å². The van der Waals surface area contributed by atoms with Crippen molar-refractivity contribution in [3.8, 4) is 11.4 Å². The lowest BCUT2D eigenvalue weighted by Crippen LogP contribution is -2.34. The average Bonchev–Trinajstić information content (AvgIpc) is 2.55. The number of alkyl halides is 3. The normalized spacial score (nSPS) is 19.1. The second-order valence-electron chi connectivity index (χ2n) is 4.76. The molecule has 1 N–H and O–H groups in total. The van der Waals surface area contributed by atoms with Gasteiger partial charge >= 0.3 is 6.18 Å². The highest BCUT2D eigenvalue weighted by atomic mass is 19.4. The first-order valence-corrected chi connectivity index (χ1v) is 6.73. The van der Waals surface area contributed by atoms with E-state index in [4.69, 9.17) is 4.74 Å². The molecule has 0 spiro atoms. The Labute approximate surface area is 124 Å². The van der Waals surface area contributed by atoms with Gasteiger partial charge < -0.3 is 10.1 Å². The van der Waals surface area contributed by atoms with Crippen LogP contribution in [0.1, 0.15) is 17.5 Å². The lowest BCUT2D eigenvalue weighted by molar-refractivity contribution is -0.137. The van der Waals surface area contributed by atoms with Gasteiger partial charge in [0.1, 0.15) is 11.8 Å². The van der Waals surface area contributed by atoms with Gasteiger partial charge in [0, 0.05) is 25.5 Å². The van der Waals surface area contributed by atoms with Crippen LogP contribution in [0, 0.1) is 0 Å². The highest BCUT2D eigenvalue weighted by Crippen LogP contribution is 2.35. The number of hydrogen-bond acceptors (Lipinski definition) is 5. The molecule has 5 nitrogen and oxygen atoms in total. The van der Waals surface area contributed by atoms with E-state index < -0.39 is 11.7 Å². The molecule has 1 atom stereocenters. The van der Waals surface area contributed by atoms with E-state index in [9.17, 15) is 13.2 Å². The Hall–Kier alpha value is -2.06. The van der Waals surface area contributed by atoms with E-state index in [1.54, 1.807) is 0 Å². The first-order chi connectivity index (χ1) is 10.6. The molecule has 0 amide bonds. The maximum Gasteiger partial charge on any atom is 0.418 e. The van der Waals surface area contributed by atoms with Crippen molar-refractivity contribution < 1.29 is 17.9 Å². The van der Waals surface area contributed by atoms with Crippen molar-refractivity contribution in [3.63, 3.8) is 0 Å². The number of rotatable bonds is 2. The fourth-order valence-corrected chi connectivity index (χ4v) is 2.23. The molecule has 0 aromatic carbocycles. The number of pyridine rings is 1. The Balaban J connectivity index is 1.99. The van der Waals surface area contributed by atoms with Crippen molar-refractivity contribution in [2.24, 2.45) is 0 Å². The number of ether oxygens (including phenoxy) is 1. The molecule has 0 bridgehead atoms. The Morgan fingerprint density at radius 1 is 1.18 bits per heavy atom. The summed E-state index contributed by atoms with van der Waals surface area (Å²) >= 11 is 0. The molecule has 0 radical (unpaired) electrons. The number of nitrogens with zero attached hydrogens (tertiary/aromatic N) is 3. The minimum atomic E-state index is -4.49. The zero-order chi connectivity index (χ0) is 15.6. The zero-order valence-corrected chi connectivity index (χ0v) is 11.5. The van der Waals surface area contributed by atoms with Gasteiger partial charge in [-0.3, -0.25) is 4.98 Å². The van der Waals surface area contributed by atoms with Crippen LogP contribution < -0.4 is 5.32 Å². The van der Waals surface area contributed by atoms with Gasteiger partial charge in [0.15, 0.2) is 5.82 Å². The molecule has 1 fully saturated rings. The SMILES string of the molecule is FC(F)(F)c1cccnc1-c1ccnc(C2CNCCO2)n1. The van der Waals surface area contributed by atoms with Gasteiger partial charge in [0.25, 0.3) is 0 Å². The first kappa shape index (κ1) is 14.9. The molecule has 1 unspecified atom stereocenters. The van der Waals surface area contributed by atoms with Crippen LogP contribution in [0.3, 0.4) is 0 Å². The standard InChI is InChI=1S/C14H13F3N4O/c15-14(16,17)9-2-1-4-19-12(9)10-3-5-20-13(21-10)11-8-18-6-7-22-11/h1-5,11,18H,6-8H2. The molecule has 22 heavy (non-hydrogen) atoms. The van der Waals surface area contributed by atoms with Crippen molar-refractivity contribution in [3.05, 3.63) is 42.0 Å². The summed E-state index contributed by atoms with van der Waals surface area (Å²) in [5.74, 6) is 0.350. The molecule has 1 aliphatic heterocycles. The maximum atomic E-state index is 13.1. The van der Waals surface area contributed by atoms with Gasteiger partial charge in [-0.05, 0) is 18.2 Å². The number of morpholine rings is 1. The monoisotopic (exact) mass is 310 g/mol. The molecule has 2 aromatic rings. The van der Waals surface area contributed by atoms with Crippen molar-refractivity contribution in [2.45, 2.75) is 12.3 Å². The Morgan fingerprint density at radius 2 is 2.05 bits per heavy atom. The van der Waals surface area contributed by atoms with Crippen LogP contribution in [-0.2, 0) is 10.9 Å². The lowest BCUT2D eigenvalue weighted by Gasteiger charge is -2.22. The van der Waals surface area contributed by atoms with E-state index in [2.05, 4.69) is 20.3 Å². The van der Waals surface area contributed by atoms with Crippen LogP contribution in [0.2, 0.25) is 0 Å². The van der Waals surface area contributed by atoms with E-state index in [0.29, 0.717) is 19.0 Å². The van der Waals surface area contributed by atoms with Crippen LogP contribution in [0.15, 0.2) is 30.6 Å². The smallest absolute Gasteiger partial charge is 0.368 e. The molecule has 8 heteroatoms. The fraction of sp³-hybridized carbons (Fsp3) is 0.357. The van der Waals surface area contributed by atoms with Gasteiger partial charge in [-0.1, -0.05) is 0 Å². The topological polar surface area (TPSA) is 59.9 Å². The summed E-state index contributed by atoms with van der Waals surface area (Å²) in [7, 11) is 0. The van der Waals surface area contributed by atoms with E-state index in [1.165, 1.54) is 24.5 Å². The summed E-state index contributed by atoms with van der Waals surface area (Å²) in [6.45, 7) is 1.77. The molecule has 3 rings (SSSR count). The summed E-state index contributed by atoms with van der Waals surface area (Å²) in [5.41, 5.74) is -0.892. The molecular formula is C14H13F3N4O. The second kappa shape index (κ2) is 5.98. The fourth-order valence-electron chi connectivity index (χ4n) is 2.23. The third-order valence-electron chi connectivity index (χ3n) is 3.25. The number of hydrogen-bond donors (Lipinski definition) is 1. The Kier molecular flexibility index (Phi) is 4.04. The predicted octanol–water partition coefficient (Wildman–Crippen LogP) is 2.22. The Morgan fingerprint density at radius 3 is 2.77 bits per heavy atom. The quantitative estimate of drug-likeness (QED) is 0.921. The zero-order valence-electron chi connectivity index (χ0n) is 11.5. The third kappa shape index (κ3) is 3.07. The van der Waals surface area contributed by atoms with Gasteiger partial charge in [-0.2, -0.15) is 13.2 Å². The summed E-state index contributed by atoms with van der Waals surface area (Å²) in [6, 6.07) is 3.66. The number of aromatic nitrogens is 3. The van der Waals surface area contributed by atoms with Crippen molar-refractivity contribution in [1.82, 2.24) is 20.3 Å². The summed E-state index contributed by atoms with van der Waals surface area (Å²) in [4.78, 5) is 12.1. The van der Waals surface area contributed by atoms with Crippen molar-refractivity contribution >= 4 is 0 Å². The van der Waals surface area contributed by atoms with Gasteiger partial charge in [0.2, 0.25) is 0 Å². The molecular weight excluding hydrogens is 297 g/mol. The van der Waals surface area contributed by atoms with Crippen LogP contribution in [-0.4, -0.2) is 34.6 Å².